The molecule has 17 rings (SSSR count). The lowest BCUT2D eigenvalue weighted by molar-refractivity contribution is -0.0106. The van der Waals surface area contributed by atoms with E-state index in [1.807, 2.05) is 285 Å². The Hall–Kier alpha value is -13.7. The zero-order valence-corrected chi connectivity index (χ0v) is 76.8. The minimum absolute atomic E-state index is 0.326. The number of guanidine groups is 6. The van der Waals surface area contributed by atoms with Crippen molar-refractivity contribution in [3.63, 3.8) is 0 Å². The highest BCUT2D eigenvalue weighted by atomic mass is 16.5. The molecule has 128 heavy (non-hydrogen) atoms. The van der Waals surface area contributed by atoms with Crippen LogP contribution in [0.5, 0.6) is 5.75 Å². The topological polar surface area (TPSA) is 228 Å². The third kappa shape index (κ3) is 33.6. The Labute approximate surface area is 760 Å². The number of nitrogens with one attached hydrogen (secondary N) is 11. The van der Waals surface area contributed by atoms with Gasteiger partial charge in [-0.05, 0) is 284 Å². The molecule has 1 aliphatic heterocycles. The van der Waals surface area contributed by atoms with Gasteiger partial charge in [0.05, 0.1) is 43.1 Å². The van der Waals surface area contributed by atoms with Gasteiger partial charge in [-0.1, -0.05) is 199 Å². The summed E-state index contributed by atoms with van der Waals surface area (Å²) in [6.07, 6.45) is 8.60. The van der Waals surface area contributed by atoms with Crippen LogP contribution in [0.2, 0.25) is 0 Å². The molecule has 0 amide bonds. The second kappa shape index (κ2) is 50.4. The van der Waals surface area contributed by atoms with Gasteiger partial charge in [0, 0.05) is 94.0 Å². The Kier molecular flexibility index (Phi) is 37.4. The van der Waals surface area contributed by atoms with E-state index in [2.05, 4.69) is 199 Å². The fourth-order valence-electron chi connectivity index (χ4n) is 15.6. The smallest absolute Gasteiger partial charge is 0.205 e. The molecule has 5 fully saturated rings. The quantitative estimate of drug-likeness (QED) is 0.0284. The predicted molar refractivity (Wildman–Crippen MR) is 545 cm³/mol. The van der Waals surface area contributed by atoms with Gasteiger partial charge in [-0.2, -0.15) is 0 Å². The molecule has 0 radical (unpaired) electrons. The van der Waals surface area contributed by atoms with Crippen LogP contribution in [0, 0.1) is 31.6 Å². The van der Waals surface area contributed by atoms with Crippen molar-refractivity contribution >= 4 is 109 Å². The van der Waals surface area contributed by atoms with E-state index in [0.717, 1.165) is 136 Å². The number of hydrogen-bond donors (Lipinski definition) is 11. The van der Waals surface area contributed by atoms with Crippen molar-refractivity contribution in [3.8, 4) is 5.75 Å². The number of para-hydroxylation sites is 7. The maximum Gasteiger partial charge on any atom is 0.205 e. The highest BCUT2D eigenvalue weighted by Gasteiger charge is 2.51. The predicted octanol–water partition coefficient (Wildman–Crippen LogP) is 24.6. The van der Waals surface area contributed by atoms with E-state index in [9.17, 15) is 0 Å². The first-order valence-corrected chi connectivity index (χ1v) is 45.1. The third-order valence-corrected chi connectivity index (χ3v) is 20.9. The maximum atomic E-state index is 5.43. The summed E-state index contributed by atoms with van der Waals surface area (Å²) in [6, 6.07) is 111. The van der Waals surface area contributed by atoms with E-state index in [0.29, 0.717) is 53.6 Å². The number of aryl methyl sites for hydroxylation is 2. The van der Waals surface area contributed by atoms with Crippen molar-refractivity contribution in [1.29, 1.82) is 0 Å². The number of aliphatic imine (C=N–C) groups is 6. The van der Waals surface area contributed by atoms with E-state index in [4.69, 9.17) is 29.4 Å². The number of methoxy groups -OCH3 is 1. The number of rotatable bonds is 18. The summed E-state index contributed by atoms with van der Waals surface area (Å²) in [7, 11) is 1.65. The van der Waals surface area contributed by atoms with Gasteiger partial charge in [-0.15, -0.1) is 0 Å². The van der Waals surface area contributed by atoms with Gasteiger partial charge in [-0.25, -0.2) is 20.0 Å². The van der Waals surface area contributed by atoms with E-state index in [1.165, 1.54) is 55.0 Å². The molecule has 0 unspecified atom stereocenters. The Morgan fingerprint density at radius 2 is 0.664 bits per heavy atom. The van der Waals surface area contributed by atoms with E-state index in [1.54, 1.807) is 7.11 Å². The highest BCUT2D eigenvalue weighted by Crippen LogP contribution is 2.55. The fourth-order valence-corrected chi connectivity index (χ4v) is 15.6. The number of morpholine rings is 1. The molecule has 0 aromatic heterocycles. The summed E-state index contributed by atoms with van der Waals surface area (Å²) in [6.45, 7) is 28.6. The van der Waals surface area contributed by atoms with Gasteiger partial charge in [0.25, 0.3) is 0 Å². The Morgan fingerprint density at radius 3 is 1.06 bits per heavy atom. The molecule has 4 saturated carbocycles. The fraction of sp³-hybridized carbons (Fsp3) is 0.296. The molecule has 20 nitrogen and oxygen atoms in total. The van der Waals surface area contributed by atoms with Crippen LogP contribution in [0.25, 0.3) is 10.8 Å². The molecular weight excluding hydrogens is 1580 g/mol. The Balaban J connectivity index is 0.000000150. The van der Waals surface area contributed by atoms with E-state index >= 15 is 0 Å². The minimum atomic E-state index is 0.326. The van der Waals surface area contributed by atoms with Crippen molar-refractivity contribution in [3.05, 3.63) is 339 Å². The number of nitrogens with zero attached hydrogens (tertiary/aromatic N) is 7. The number of fused-ring (bicyclic) bond motifs is 1. The molecule has 0 spiro atoms. The summed E-state index contributed by atoms with van der Waals surface area (Å²) < 4.78 is 10.6. The van der Waals surface area contributed by atoms with Gasteiger partial charge in [-0.3, -0.25) is 9.98 Å². The monoisotopic (exact) mass is 1710 g/mol. The van der Waals surface area contributed by atoms with Crippen LogP contribution in [0.1, 0.15) is 119 Å². The average Bonchev–Trinajstić information content (AvgIpc) is 0.745. The van der Waals surface area contributed by atoms with Gasteiger partial charge in [0.1, 0.15) is 5.75 Å². The van der Waals surface area contributed by atoms with Crippen molar-refractivity contribution in [2.24, 2.45) is 47.7 Å². The van der Waals surface area contributed by atoms with Crippen molar-refractivity contribution in [2.75, 3.05) is 70.6 Å². The lowest BCUT2D eigenvalue weighted by atomic mass is 9.53. The first kappa shape index (κ1) is 94.9. The summed E-state index contributed by atoms with van der Waals surface area (Å²) in [5.74, 6) is 8.58. The third-order valence-electron chi connectivity index (χ3n) is 20.9. The minimum Gasteiger partial charge on any atom is -0.497 e. The zero-order chi connectivity index (χ0) is 90.1. The van der Waals surface area contributed by atoms with Gasteiger partial charge in [0.2, 0.25) is 23.8 Å². The molecule has 0 atom stereocenters. The highest BCUT2D eigenvalue weighted by molar-refractivity contribution is 6.08. The number of anilines is 7. The van der Waals surface area contributed by atoms with E-state index < -0.39 is 0 Å². The number of benzene rings is 12. The molecule has 4 bridgehead atoms. The van der Waals surface area contributed by atoms with Gasteiger partial charge < -0.3 is 72.9 Å². The van der Waals surface area contributed by atoms with Crippen LogP contribution in [0.15, 0.2) is 358 Å². The molecule has 11 N–H and O–H groups in total. The van der Waals surface area contributed by atoms with Gasteiger partial charge >= 0.3 is 0 Å². The molecule has 5 aliphatic rings. The lowest BCUT2D eigenvalue weighted by Crippen LogP contribution is -2.62. The van der Waals surface area contributed by atoms with Crippen LogP contribution in [-0.4, -0.2) is 110 Å². The second-order valence-electron chi connectivity index (χ2n) is 34.1. The molecule has 666 valence electrons. The molecule has 1 saturated heterocycles. The first-order valence-electron chi connectivity index (χ1n) is 45.1. The van der Waals surface area contributed by atoms with Crippen LogP contribution >= 0.6 is 0 Å². The van der Waals surface area contributed by atoms with E-state index in [-0.39, 0.29) is 0 Å². The summed E-state index contributed by atoms with van der Waals surface area (Å²) in [4.78, 5) is 30.5. The molecular formula is C108H132N18O2. The summed E-state index contributed by atoms with van der Waals surface area (Å²) in [5.41, 5.74) is 13.3. The van der Waals surface area contributed by atoms with Crippen LogP contribution < -0.4 is 63.2 Å². The standard InChI is InChI=1S/C23H19N3.C21H21N3.C20H19N3O.C17H19N3O.C17H31N3.C10H23N3/c1-3-12-19(13-4-1)24-23(25-20-14-5-2-6-15-20)26-22-17-9-11-18-10-7-8-16-21(18)22;1-16-8-12-19(13-9-16)23-21(22-18-6-4-3-5-7-18)24-20-14-10-17(2)11-15-20;1-24-19-14-12-18(13-15-19)23-20(21-16-8-4-2-5-9-16)22-17-10-6-3-7-11-17;1-3-7-15(8-4-1)18-17(20-11-13-21-14-12-20)19-16-9-5-2-6-10-16;1-11(2)18-16(19-12(3)4)20-17-8-13-5-14(9-17)7-15(6-13)10-17;1-7(2)11-10(12-8(3)4)13-9(5)6/h1-17H,(H2,24,25,26);3-15H,1-2H3,(H2,22,23,24);2-15H,1H3,(H2,21,22,23);1-10H,11-14H2,(H,18,19);11-15H,5-10H2,1-4H3,(H2,18,19,20);7-9H,1-6H3,(H2,11,12,13). The van der Waals surface area contributed by atoms with Crippen LogP contribution in [0.4, 0.5) is 62.6 Å². The van der Waals surface area contributed by atoms with Crippen molar-refractivity contribution in [2.45, 2.75) is 157 Å². The average molecular weight is 1710 g/mol. The van der Waals surface area contributed by atoms with Crippen LogP contribution in [-0.2, 0) is 4.74 Å². The normalized spacial score (nSPS) is 15.9. The second-order valence-corrected chi connectivity index (χ2v) is 34.1. The molecule has 4 aliphatic carbocycles. The van der Waals surface area contributed by atoms with Gasteiger partial charge in [0.15, 0.2) is 11.9 Å². The molecule has 1 heterocycles. The molecule has 12 aromatic carbocycles. The number of hydrogen-bond acceptors (Lipinski definition) is 8. The summed E-state index contributed by atoms with van der Waals surface area (Å²) in [5, 5.41) is 39.7. The molecule has 12 aromatic rings. The zero-order valence-electron chi connectivity index (χ0n) is 76.8. The Bertz CT molecular complexity index is 5260. The SMILES string of the molecule is CC(C)N=C(NC(C)C)NC(C)C.CC(C)N=C(NC(C)C)NC12CC3CC(CC(C3)C1)C2.COc1ccc(N=C(Nc2ccccc2)Nc2ccccc2)cc1.Cc1ccc(N=C(Nc2ccccc2)Nc2ccc(C)cc2)cc1.c1ccc(N=C(Nc2ccccc2)N2CCOCC2)cc1.c1ccc(NC(=Nc2cccc3ccccc23)Nc2ccccc2)cc1. The van der Waals surface area contributed by atoms with Crippen LogP contribution in [0.3, 0.4) is 0 Å². The van der Waals surface area contributed by atoms with Crippen molar-refractivity contribution < 1.29 is 9.47 Å². The summed E-state index contributed by atoms with van der Waals surface area (Å²) >= 11 is 0. The number of ether oxygens (including phenoxy) is 2. The first-order chi connectivity index (χ1) is 62.2. The maximum absolute atomic E-state index is 5.43. The largest absolute Gasteiger partial charge is 0.497 e. The molecule has 20 heteroatoms. The Morgan fingerprint density at radius 1 is 0.336 bits per heavy atom. The van der Waals surface area contributed by atoms with Crippen molar-refractivity contribution in [1.82, 2.24) is 26.2 Å². The lowest BCUT2D eigenvalue weighted by Gasteiger charge is -2.57.